The third-order valence-corrected chi connectivity index (χ3v) is 2.77. The Morgan fingerprint density at radius 3 is 3.15 bits per heavy atom. The fourth-order valence-corrected chi connectivity index (χ4v) is 1.96. The molecule has 1 aromatic rings. The van der Waals surface area contributed by atoms with Crippen molar-refractivity contribution in [2.75, 3.05) is 6.54 Å². The SMILES string of the molecule is Cn1cc2c(c(Cl)c1=O)CNCC2. The van der Waals surface area contributed by atoms with Crippen LogP contribution in [0.15, 0.2) is 11.0 Å². The van der Waals surface area contributed by atoms with E-state index in [4.69, 9.17) is 11.6 Å². The van der Waals surface area contributed by atoms with E-state index in [1.54, 1.807) is 11.6 Å². The summed E-state index contributed by atoms with van der Waals surface area (Å²) >= 11 is 5.94. The second kappa shape index (κ2) is 3.16. The van der Waals surface area contributed by atoms with Gasteiger partial charge in [-0.2, -0.15) is 0 Å². The van der Waals surface area contributed by atoms with Crippen molar-refractivity contribution in [2.45, 2.75) is 13.0 Å². The van der Waals surface area contributed by atoms with Gasteiger partial charge in [0.1, 0.15) is 5.02 Å². The predicted molar refractivity (Wildman–Crippen MR) is 52.1 cm³/mol. The van der Waals surface area contributed by atoms with Gasteiger partial charge in [-0.15, -0.1) is 0 Å². The highest BCUT2D eigenvalue weighted by atomic mass is 35.5. The fraction of sp³-hybridized carbons (Fsp3) is 0.444. The molecule has 70 valence electrons. The number of aromatic nitrogens is 1. The van der Waals surface area contributed by atoms with Crippen molar-refractivity contribution < 1.29 is 0 Å². The molecule has 0 aliphatic carbocycles. The molecule has 4 heteroatoms. The molecule has 0 unspecified atom stereocenters. The van der Waals surface area contributed by atoms with E-state index in [2.05, 4.69) is 5.32 Å². The van der Waals surface area contributed by atoms with Gasteiger partial charge in [0, 0.05) is 19.8 Å². The number of aryl methyl sites for hydroxylation is 1. The zero-order chi connectivity index (χ0) is 9.42. The highest BCUT2D eigenvalue weighted by molar-refractivity contribution is 6.31. The minimum absolute atomic E-state index is 0.107. The van der Waals surface area contributed by atoms with Crippen LogP contribution in [0.25, 0.3) is 0 Å². The molecule has 0 amide bonds. The third-order valence-electron chi connectivity index (χ3n) is 2.38. The molecule has 1 aliphatic heterocycles. The van der Waals surface area contributed by atoms with Crippen LogP contribution in [0.3, 0.4) is 0 Å². The molecule has 0 saturated heterocycles. The Morgan fingerprint density at radius 2 is 2.38 bits per heavy atom. The minimum Gasteiger partial charge on any atom is -0.317 e. The van der Waals surface area contributed by atoms with E-state index >= 15 is 0 Å². The van der Waals surface area contributed by atoms with Crippen molar-refractivity contribution in [3.63, 3.8) is 0 Å². The Morgan fingerprint density at radius 1 is 1.62 bits per heavy atom. The second-order valence-corrected chi connectivity index (χ2v) is 3.67. The number of nitrogens with zero attached hydrogens (tertiary/aromatic N) is 1. The van der Waals surface area contributed by atoms with E-state index in [0.29, 0.717) is 11.6 Å². The van der Waals surface area contributed by atoms with Gasteiger partial charge in [-0.25, -0.2) is 0 Å². The molecule has 2 heterocycles. The summed E-state index contributed by atoms with van der Waals surface area (Å²) in [6.45, 7) is 1.67. The van der Waals surface area contributed by atoms with Gasteiger partial charge in [-0.3, -0.25) is 4.79 Å². The van der Waals surface area contributed by atoms with Crippen LogP contribution in [0.5, 0.6) is 0 Å². The largest absolute Gasteiger partial charge is 0.317 e. The Hall–Kier alpha value is -0.800. The van der Waals surface area contributed by atoms with Crippen LogP contribution in [0, 0.1) is 0 Å². The maximum atomic E-state index is 11.4. The van der Waals surface area contributed by atoms with Crippen molar-refractivity contribution in [1.82, 2.24) is 9.88 Å². The molecule has 13 heavy (non-hydrogen) atoms. The van der Waals surface area contributed by atoms with E-state index in [-0.39, 0.29) is 5.56 Å². The molecule has 0 bridgehead atoms. The van der Waals surface area contributed by atoms with Crippen molar-refractivity contribution in [3.05, 3.63) is 32.7 Å². The van der Waals surface area contributed by atoms with Gasteiger partial charge in [0.2, 0.25) is 0 Å². The summed E-state index contributed by atoms with van der Waals surface area (Å²) in [7, 11) is 1.73. The quantitative estimate of drug-likeness (QED) is 0.666. The van der Waals surface area contributed by atoms with Crippen molar-refractivity contribution in [3.8, 4) is 0 Å². The molecule has 0 saturated carbocycles. The lowest BCUT2D eigenvalue weighted by Crippen LogP contribution is -2.29. The van der Waals surface area contributed by atoms with Crippen LogP contribution in [0.1, 0.15) is 11.1 Å². The Balaban J connectivity index is 2.67. The molecule has 0 spiro atoms. The average molecular weight is 199 g/mol. The highest BCUT2D eigenvalue weighted by Crippen LogP contribution is 2.18. The summed E-state index contributed by atoms with van der Waals surface area (Å²) in [5.74, 6) is 0. The summed E-state index contributed by atoms with van der Waals surface area (Å²) in [5.41, 5.74) is 2.05. The monoisotopic (exact) mass is 198 g/mol. The van der Waals surface area contributed by atoms with Gasteiger partial charge in [0.25, 0.3) is 5.56 Å². The van der Waals surface area contributed by atoms with E-state index in [1.807, 2.05) is 6.20 Å². The standard InChI is InChI=1S/C9H11ClN2O/c1-12-5-6-2-3-11-4-7(6)8(10)9(12)13/h5,11H,2-4H2,1H3. The van der Waals surface area contributed by atoms with Crippen LogP contribution >= 0.6 is 11.6 Å². The number of fused-ring (bicyclic) bond motifs is 1. The van der Waals surface area contributed by atoms with Crippen molar-refractivity contribution in [1.29, 1.82) is 0 Å². The molecule has 0 fully saturated rings. The molecule has 1 N–H and O–H groups in total. The third kappa shape index (κ3) is 1.38. The Kier molecular flexibility index (Phi) is 2.14. The van der Waals surface area contributed by atoms with E-state index in [0.717, 1.165) is 18.5 Å². The summed E-state index contributed by atoms with van der Waals surface area (Å²) < 4.78 is 1.55. The number of hydrogen-bond donors (Lipinski definition) is 1. The summed E-state index contributed by atoms with van der Waals surface area (Å²) in [4.78, 5) is 11.4. The maximum absolute atomic E-state index is 11.4. The van der Waals surface area contributed by atoms with Crippen molar-refractivity contribution >= 4 is 11.6 Å². The van der Waals surface area contributed by atoms with Gasteiger partial charge in [-0.1, -0.05) is 11.6 Å². The lowest BCUT2D eigenvalue weighted by Gasteiger charge is -2.18. The van der Waals surface area contributed by atoms with Gasteiger partial charge in [0.15, 0.2) is 0 Å². The molecule has 2 rings (SSSR count). The number of nitrogens with one attached hydrogen (secondary N) is 1. The first-order chi connectivity index (χ1) is 6.20. The molecule has 0 aromatic carbocycles. The minimum atomic E-state index is -0.107. The van der Waals surface area contributed by atoms with E-state index < -0.39 is 0 Å². The van der Waals surface area contributed by atoms with Crippen LogP contribution in [0.4, 0.5) is 0 Å². The Bertz CT molecular complexity index is 397. The van der Waals surface area contributed by atoms with E-state index in [1.165, 1.54) is 5.56 Å². The zero-order valence-electron chi connectivity index (χ0n) is 7.43. The molecular weight excluding hydrogens is 188 g/mol. The number of rotatable bonds is 0. The number of halogens is 1. The summed E-state index contributed by atoms with van der Waals surface area (Å²) in [6.07, 6.45) is 2.83. The molecule has 1 aliphatic rings. The molecule has 1 aromatic heterocycles. The van der Waals surface area contributed by atoms with Crippen LogP contribution in [-0.2, 0) is 20.0 Å². The maximum Gasteiger partial charge on any atom is 0.269 e. The van der Waals surface area contributed by atoms with Crippen LogP contribution in [-0.4, -0.2) is 11.1 Å². The number of pyridine rings is 1. The molecule has 0 radical (unpaired) electrons. The smallest absolute Gasteiger partial charge is 0.269 e. The van der Waals surface area contributed by atoms with Gasteiger partial charge < -0.3 is 9.88 Å². The summed E-state index contributed by atoms with van der Waals surface area (Å²) in [6, 6.07) is 0. The molecule has 3 nitrogen and oxygen atoms in total. The first kappa shape index (κ1) is 8.78. The lowest BCUT2D eigenvalue weighted by molar-refractivity contribution is 0.632. The zero-order valence-corrected chi connectivity index (χ0v) is 8.19. The summed E-state index contributed by atoms with van der Waals surface area (Å²) in [5, 5.41) is 3.56. The first-order valence-electron chi connectivity index (χ1n) is 4.28. The van der Waals surface area contributed by atoms with E-state index in [9.17, 15) is 4.79 Å². The predicted octanol–water partition coefficient (Wildman–Crippen LogP) is 0.684. The van der Waals surface area contributed by atoms with Crippen molar-refractivity contribution in [2.24, 2.45) is 7.05 Å². The Labute approximate surface area is 81.3 Å². The second-order valence-electron chi connectivity index (χ2n) is 3.29. The molecular formula is C9H11ClN2O. The van der Waals surface area contributed by atoms with Crippen LogP contribution < -0.4 is 10.9 Å². The van der Waals surface area contributed by atoms with Gasteiger partial charge in [-0.05, 0) is 24.1 Å². The molecule has 0 atom stereocenters. The average Bonchev–Trinajstić information content (AvgIpc) is 2.15. The highest BCUT2D eigenvalue weighted by Gasteiger charge is 2.15. The lowest BCUT2D eigenvalue weighted by atomic mass is 10.0. The van der Waals surface area contributed by atoms with Gasteiger partial charge >= 0.3 is 0 Å². The fourth-order valence-electron chi connectivity index (χ4n) is 1.64. The van der Waals surface area contributed by atoms with Gasteiger partial charge in [0.05, 0.1) is 0 Å². The van der Waals surface area contributed by atoms with Crippen LogP contribution in [0.2, 0.25) is 5.02 Å². The first-order valence-corrected chi connectivity index (χ1v) is 4.65. The normalized spacial score (nSPS) is 15.5. The number of hydrogen-bond acceptors (Lipinski definition) is 2. The topological polar surface area (TPSA) is 34.0 Å².